The van der Waals surface area contributed by atoms with E-state index in [-0.39, 0.29) is 5.91 Å². The number of H-pyrrole nitrogens is 1. The van der Waals surface area contributed by atoms with E-state index < -0.39 is 0 Å². The highest BCUT2D eigenvalue weighted by molar-refractivity contribution is 5.93. The van der Waals surface area contributed by atoms with Crippen molar-refractivity contribution in [2.45, 2.75) is 13.8 Å². The molecule has 0 aliphatic carbocycles. The highest BCUT2D eigenvalue weighted by Crippen LogP contribution is 2.17. The minimum Gasteiger partial charge on any atom is -0.481 e. The Labute approximate surface area is 146 Å². The van der Waals surface area contributed by atoms with Gasteiger partial charge in [0.2, 0.25) is 17.7 Å². The van der Waals surface area contributed by atoms with Crippen LogP contribution < -0.4 is 15.0 Å². The van der Waals surface area contributed by atoms with Crippen LogP contribution in [-0.4, -0.2) is 70.8 Å². The zero-order valence-corrected chi connectivity index (χ0v) is 14.7. The van der Waals surface area contributed by atoms with Crippen molar-refractivity contribution >= 4 is 17.5 Å². The second kappa shape index (κ2) is 7.47. The Balaban J connectivity index is 1.51. The molecule has 25 heavy (non-hydrogen) atoms. The molecule has 2 aromatic rings. The molecule has 0 aromatic carbocycles. The Morgan fingerprint density at radius 3 is 2.72 bits per heavy atom. The molecule has 1 aliphatic rings. The van der Waals surface area contributed by atoms with E-state index >= 15 is 0 Å². The lowest BCUT2D eigenvalue weighted by Crippen LogP contribution is -2.49. The second-order valence-electron chi connectivity index (χ2n) is 6.02. The number of carbonyl (C=O) groups excluding carboxylic acids is 1. The Hall–Kier alpha value is -2.68. The van der Waals surface area contributed by atoms with Crippen LogP contribution in [0, 0.1) is 13.8 Å². The number of nitrogens with zero attached hydrogens (tertiary/aromatic N) is 5. The summed E-state index contributed by atoms with van der Waals surface area (Å²) in [5.41, 5.74) is 2.44. The summed E-state index contributed by atoms with van der Waals surface area (Å²) in [4.78, 5) is 25.1. The Morgan fingerprint density at radius 2 is 2.08 bits per heavy atom. The van der Waals surface area contributed by atoms with E-state index in [0.717, 1.165) is 43.3 Å². The number of hydrogen-bond acceptors (Lipinski definition) is 7. The summed E-state index contributed by atoms with van der Waals surface area (Å²) >= 11 is 0. The van der Waals surface area contributed by atoms with Gasteiger partial charge in [0.1, 0.15) is 0 Å². The van der Waals surface area contributed by atoms with Crippen molar-refractivity contribution in [3.63, 3.8) is 0 Å². The van der Waals surface area contributed by atoms with E-state index in [2.05, 4.69) is 35.3 Å². The third-order valence-corrected chi connectivity index (χ3v) is 4.24. The fraction of sp³-hybridized carbons (Fsp3) is 0.500. The first-order chi connectivity index (χ1) is 12.1. The number of carbonyl (C=O) groups is 1. The molecule has 0 unspecified atom stereocenters. The normalized spacial score (nSPS) is 15.2. The van der Waals surface area contributed by atoms with Gasteiger partial charge in [0.25, 0.3) is 0 Å². The van der Waals surface area contributed by atoms with Crippen molar-refractivity contribution in [2.75, 3.05) is 50.1 Å². The third-order valence-electron chi connectivity index (χ3n) is 4.24. The number of amides is 1. The third kappa shape index (κ3) is 4.05. The number of rotatable bonds is 5. The summed E-state index contributed by atoms with van der Waals surface area (Å²) in [5.74, 6) is 1.18. The molecule has 3 rings (SSSR count). The van der Waals surface area contributed by atoms with Crippen molar-refractivity contribution in [3.05, 3.63) is 23.7 Å². The average Bonchev–Trinajstić information content (AvgIpc) is 2.94. The molecule has 134 valence electrons. The lowest BCUT2D eigenvalue weighted by atomic mass is 10.3. The first-order valence-electron chi connectivity index (χ1n) is 8.22. The van der Waals surface area contributed by atoms with Gasteiger partial charge in [-0.25, -0.2) is 4.98 Å². The van der Waals surface area contributed by atoms with Gasteiger partial charge >= 0.3 is 0 Å². The number of aromatic nitrogens is 4. The fourth-order valence-corrected chi connectivity index (χ4v) is 2.82. The smallest absolute Gasteiger partial charge is 0.238 e. The van der Waals surface area contributed by atoms with Crippen LogP contribution in [0.25, 0.3) is 0 Å². The number of anilines is 2. The number of ether oxygens (including phenoxy) is 1. The molecule has 2 aromatic heterocycles. The summed E-state index contributed by atoms with van der Waals surface area (Å²) in [6.07, 6.45) is 1.69. The molecule has 3 heterocycles. The molecule has 0 saturated carbocycles. The number of hydrogen-bond donors (Lipinski definition) is 2. The standard InChI is InChI=1S/C16H23N7O2/c1-11-15(12(2)21-20-11)18-13(24)10-22-6-8-23(9-7-22)16-17-5-4-14(19-16)25-3/h4-5H,6-10H2,1-3H3,(H,18,24)(H,20,21). The lowest BCUT2D eigenvalue weighted by Gasteiger charge is -2.34. The van der Waals surface area contributed by atoms with Gasteiger partial charge in [0.05, 0.1) is 30.7 Å². The fourth-order valence-electron chi connectivity index (χ4n) is 2.82. The van der Waals surface area contributed by atoms with Crippen LogP contribution in [0.5, 0.6) is 5.88 Å². The molecule has 0 spiro atoms. The maximum atomic E-state index is 12.3. The van der Waals surface area contributed by atoms with E-state index in [1.54, 1.807) is 19.4 Å². The van der Waals surface area contributed by atoms with Crippen LogP contribution in [-0.2, 0) is 4.79 Å². The highest BCUT2D eigenvalue weighted by atomic mass is 16.5. The monoisotopic (exact) mass is 345 g/mol. The highest BCUT2D eigenvalue weighted by Gasteiger charge is 2.21. The van der Waals surface area contributed by atoms with Crippen molar-refractivity contribution < 1.29 is 9.53 Å². The molecule has 0 radical (unpaired) electrons. The van der Waals surface area contributed by atoms with E-state index in [1.807, 2.05) is 13.8 Å². The minimum atomic E-state index is -0.0290. The van der Waals surface area contributed by atoms with E-state index in [4.69, 9.17) is 4.74 Å². The number of piperazine rings is 1. The molecule has 0 atom stereocenters. The first-order valence-corrected chi connectivity index (χ1v) is 8.22. The maximum absolute atomic E-state index is 12.3. The summed E-state index contributed by atoms with van der Waals surface area (Å²) in [6, 6.07) is 1.73. The quantitative estimate of drug-likeness (QED) is 0.818. The number of nitrogens with one attached hydrogen (secondary N) is 2. The van der Waals surface area contributed by atoms with Crippen LogP contribution >= 0.6 is 0 Å². The molecule has 1 aliphatic heterocycles. The van der Waals surface area contributed by atoms with Crippen LogP contribution in [0.15, 0.2) is 12.3 Å². The van der Waals surface area contributed by atoms with Gasteiger partial charge in [-0.3, -0.25) is 14.8 Å². The van der Waals surface area contributed by atoms with Gasteiger partial charge in [-0.2, -0.15) is 10.1 Å². The maximum Gasteiger partial charge on any atom is 0.238 e. The number of methoxy groups -OCH3 is 1. The van der Waals surface area contributed by atoms with Crippen molar-refractivity contribution in [1.29, 1.82) is 0 Å². The van der Waals surface area contributed by atoms with Gasteiger partial charge in [-0.15, -0.1) is 0 Å². The van der Waals surface area contributed by atoms with Crippen LogP contribution in [0.1, 0.15) is 11.4 Å². The van der Waals surface area contributed by atoms with Gasteiger partial charge in [0.15, 0.2) is 0 Å². The number of aromatic amines is 1. The van der Waals surface area contributed by atoms with Crippen LogP contribution in [0.3, 0.4) is 0 Å². The van der Waals surface area contributed by atoms with Crippen molar-refractivity contribution in [2.24, 2.45) is 0 Å². The van der Waals surface area contributed by atoms with Gasteiger partial charge in [-0.05, 0) is 13.8 Å². The molecule has 9 nitrogen and oxygen atoms in total. The molecule has 1 fully saturated rings. The molecular formula is C16H23N7O2. The number of aryl methyl sites for hydroxylation is 2. The molecule has 1 saturated heterocycles. The molecule has 1 amide bonds. The molecule has 0 bridgehead atoms. The zero-order chi connectivity index (χ0) is 17.8. The zero-order valence-electron chi connectivity index (χ0n) is 14.7. The summed E-state index contributed by atoms with van der Waals surface area (Å²) in [6.45, 7) is 7.20. The Kier molecular flexibility index (Phi) is 5.13. The Morgan fingerprint density at radius 1 is 1.32 bits per heavy atom. The summed E-state index contributed by atoms with van der Waals surface area (Å²) in [7, 11) is 1.59. The lowest BCUT2D eigenvalue weighted by molar-refractivity contribution is -0.117. The van der Waals surface area contributed by atoms with E-state index in [1.165, 1.54) is 0 Å². The minimum absolute atomic E-state index is 0.0290. The topological polar surface area (TPSA) is 99.3 Å². The SMILES string of the molecule is COc1ccnc(N2CCN(CC(=O)Nc3c(C)n[nH]c3C)CC2)n1. The second-order valence-corrected chi connectivity index (χ2v) is 6.02. The average molecular weight is 345 g/mol. The predicted molar refractivity (Wildman–Crippen MR) is 93.9 cm³/mol. The summed E-state index contributed by atoms with van der Waals surface area (Å²) in [5, 5.41) is 9.89. The van der Waals surface area contributed by atoms with Gasteiger partial charge < -0.3 is 15.0 Å². The van der Waals surface area contributed by atoms with Crippen molar-refractivity contribution in [1.82, 2.24) is 25.1 Å². The summed E-state index contributed by atoms with van der Waals surface area (Å²) < 4.78 is 5.14. The van der Waals surface area contributed by atoms with Crippen molar-refractivity contribution in [3.8, 4) is 5.88 Å². The van der Waals surface area contributed by atoms with Gasteiger partial charge in [-0.1, -0.05) is 0 Å². The largest absolute Gasteiger partial charge is 0.481 e. The molecule has 9 heteroatoms. The Bertz CT molecular complexity index is 718. The van der Waals surface area contributed by atoms with Crippen LogP contribution in [0.2, 0.25) is 0 Å². The molecular weight excluding hydrogens is 322 g/mol. The van der Waals surface area contributed by atoms with Crippen LogP contribution in [0.4, 0.5) is 11.6 Å². The molecule has 2 N–H and O–H groups in total. The predicted octanol–water partition coefficient (Wildman–Crippen LogP) is 0.586. The first kappa shape index (κ1) is 17.2. The van der Waals surface area contributed by atoms with E-state index in [0.29, 0.717) is 18.4 Å². The van der Waals surface area contributed by atoms with E-state index in [9.17, 15) is 4.79 Å². The van der Waals surface area contributed by atoms with Gasteiger partial charge in [0, 0.05) is 38.4 Å².